The smallest absolute Gasteiger partial charge is 0.326 e. The summed E-state index contributed by atoms with van der Waals surface area (Å²) in [5.74, 6) is -1.42. The monoisotopic (exact) mass is 584 g/mol. The van der Waals surface area contributed by atoms with Crippen LogP contribution in [0.15, 0.2) is 42.5 Å². The number of rotatable bonds is 12. The van der Waals surface area contributed by atoms with Crippen LogP contribution < -0.4 is 5.32 Å². The molecule has 2 fully saturated rings. The van der Waals surface area contributed by atoms with Gasteiger partial charge in [-0.25, -0.2) is 13.2 Å². The van der Waals surface area contributed by atoms with Gasteiger partial charge in [0.25, 0.3) is 5.91 Å². The molecule has 1 unspecified atom stereocenters. The number of aliphatic hydroxyl groups is 1. The Morgan fingerprint density at radius 3 is 2.37 bits per heavy atom. The van der Waals surface area contributed by atoms with Crippen molar-refractivity contribution in [3.63, 3.8) is 0 Å². The first-order chi connectivity index (χ1) is 19.6. The van der Waals surface area contributed by atoms with E-state index in [4.69, 9.17) is 0 Å². The van der Waals surface area contributed by atoms with Gasteiger partial charge in [-0.3, -0.25) is 9.69 Å². The molecule has 1 aliphatic heterocycles. The number of hydrogen-bond acceptors (Lipinski definition) is 6. The molecular weight excluding hydrogens is 540 g/mol. The molecule has 4 rings (SSSR count). The number of carbonyl (C=O) groups excluding carboxylic acids is 1. The van der Waals surface area contributed by atoms with E-state index in [2.05, 4.69) is 10.2 Å². The van der Waals surface area contributed by atoms with Gasteiger partial charge in [-0.1, -0.05) is 62.4 Å². The zero-order valence-corrected chi connectivity index (χ0v) is 25.0. The van der Waals surface area contributed by atoms with Crippen molar-refractivity contribution in [2.45, 2.75) is 89.4 Å². The number of carboxylic acid groups (broad SMARTS) is 1. The summed E-state index contributed by atoms with van der Waals surface area (Å²) < 4.78 is 23.2. The van der Waals surface area contributed by atoms with Crippen LogP contribution in [0.25, 0.3) is 11.1 Å². The third kappa shape index (κ3) is 8.40. The van der Waals surface area contributed by atoms with Gasteiger partial charge in [-0.05, 0) is 72.9 Å². The SMILES string of the molecule is Cc1ccccc1-c1cc(CN2[C@@H](CO)CC[C@H]2CC2CCCCC2)ccc1C(=O)NC(CCS(C)(=O)=O)C(=O)O. The highest BCUT2D eigenvalue weighted by molar-refractivity contribution is 7.90. The summed E-state index contributed by atoms with van der Waals surface area (Å²) >= 11 is 0. The van der Waals surface area contributed by atoms with Gasteiger partial charge in [-0.2, -0.15) is 0 Å². The van der Waals surface area contributed by atoms with Crippen molar-refractivity contribution < 1.29 is 28.2 Å². The first-order valence-corrected chi connectivity index (χ1v) is 16.9. The lowest BCUT2D eigenvalue weighted by atomic mass is 9.84. The van der Waals surface area contributed by atoms with E-state index in [1.165, 1.54) is 32.1 Å². The fourth-order valence-electron chi connectivity index (χ4n) is 6.55. The molecule has 8 nitrogen and oxygen atoms in total. The number of amides is 1. The van der Waals surface area contributed by atoms with E-state index >= 15 is 0 Å². The zero-order chi connectivity index (χ0) is 29.6. The number of likely N-dealkylation sites (tertiary alicyclic amines) is 1. The number of carboxylic acids is 1. The van der Waals surface area contributed by atoms with Crippen LogP contribution >= 0.6 is 0 Å². The topological polar surface area (TPSA) is 124 Å². The Bertz CT molecular complexity index is 1320. The van der Waals surface area contributed by atoms with Crippen LogP contribution in [0.3, 0.4) is 0 Å². The van der Waals surface area contributed by atoms with E-state index in [1.54, 1.807) is 6.07 Å². The highest BCUT2D eigenvalue weighted by Gasteiger charge is 2.35. The first-order valence-electron chi connectivity index (χ1n) is 14.8. The van der Waals surface area contributed by atoms with Crippen molar-refractivity contribution in [3.8, 4) is 11.1 Å². The van der Waals surface area contributed by atoms with E-state index in [0.29, 0.717) is 23.7 Å². The molecule has 0 radical (unpaired) electrons. The number of nitrogens with one attached hydrogen (secondary N) is 1. The van der Waals surface area contributed by atoms with Gasteiger partial charge in [0.1, 0.15) is 15.9 Å². The van der Waals surface area contributed by atoms with Crippen LogP contribution in [-0.2, 0) is 21.2 Å². The molecule has 2 aromatic rings. The van der Waals surface area contributed by atoms with Gasteiger partial charge in [0.15, 0.2) is 0 Å². The molecule has 2 aromatic carbocycles. The lowest BCUT2D eigenvalue weighted by Crippen LogP contribution is -2.42. The molecule has 0 bridgehead atoms. The molecule has 9 heteroatoms. The van der Waals surface area contributed by atoms with Crippen molar-refractivity contribution in [3.05, 3.63) is 59.2 Å². The van der Waals surface area contributed by atoms with Crippen molar-refractivity contribution >= 4 is 21.7 Å². The van der Waals surface area contributed by atoms with E-state index < -0.39 is 27.8 Å². The molecule has 2 aliphatic rings. The van der Waals surface area contributed by atoms with Gasteiger partial charge in [0.05, 0.1) is 12.4 Å². The summed E-state index contributed by atoms with van der Waals surface area (Å²) in [7, 11) is -3.39. The van der Waals surface area contributed by atoms with E-state index in [-0.39, 0.29) is 24.8 Å². The largest absolute Gasteiger partial charge is 0.480 e. The molecule has 3 N–H and O–H groups in total. The van der Waals surface area contributed by atoms with Crippen LogP contribution in [0, 0.1) is 12.8 Å². The minimum Gasteiger partial charge on any atom is -0.480 e. The first kappa shape index (κ1) is 31.2. The van der Waals surface area contributed by atoms with Crippen molar-refractivity contribution in [2.24, 2.45) is 5.92 Å². The Labute approximate surface area is 244 Å². The van der Waals surface area contributed by atoms with E-state index in [1.807, 2.05) is 43.3 Å². The van der Waals surface area contributed by atoms with Gasteiger partial charge >= 0.3 is 5.97 Å². The molecule has 1 saturated carbocycles. The summed E-state index contributed by atoms with van der Waals surface area (Å²) in [4.78, 5) is 27.7. The maximum absolute atomic E-state index is 13.4. The highest BCUT2D eigenvalue weighted by Crippen LogP contribution is 2.36. The zero-order valence-electron chi connectivity index (χ0n) is 24.2. The van der Waals surface area contributed by atoms with Gasteiger partial charge in [-0.15, -0.1) is 0 Å². The fraction of sp³-hybridized carbons (Fsp3) is 0.562. The molecule has 0 aromatic heterocycles. The summed E-state index contributed by atoms with van der Waals surface area (Å²) in [6, 6.07) is 12.6. The number of aryl methyl sites for hydroxylation is 1. The van der Waals surface area contributed by atoms with Crippen LogP contribution in [0.5, 0.6) is 0 Å². The summed E-state index contributed by atoms with van der Waals surface area (Å²) in [6.45, 7) is 2.75. The Kier molecular flexibility index (Phi) is 10.6. The van der Waals surface area contributed by atoms with Crippen LogP contribution in [0.2, 0.25) is 0 Å². The van der Waals surface area contributed by atoms with Crippen LogP contribution in [0.4, 0.5) is 0 Å². The lowest BCUT2D eigenvalue weighted by molar-refractivity contribution is -0.139. The highest BCUT2D eigenvalue weighted by atomic mass is 32.2. The number of aliphatic carboxylic acids is 1. The Morgan fingerprint density at radius 2 is 1.71 bits per heavy atom. The molecule has 0 spiro atoms. The minimum atomic E-state index is -3.39. The molecule has 1 aliphatic carbocycles. The van der Waals surface area contributed by atoms with Crippen LogP contribution in [-0.4, -0.2) is 72.1 Å². The van der Waals surface area contributed by atoms with Gasteiger partial charge in [0, 0.05) is 30.4 Å². The number of benzene rings is 2. The molecule has 224 valence electrons. The number of carbonyl (C=O) groups is 2. The lowest BCUT2D eigenvalue weighted by Gasteiger charge is -2.33. The number of hydrogen-bond donors (Lipinski definition) is 3. The molecule has 1 amide bonds. The molecule has 3 atom stereocenters. The predicted molar refractivity (Wildman–Crippen MR) is 160 cm³/mol. The Balaban J connectivity index is 1.61. The van der Waals surface area contributed by atoms with E-state index in [0.717, 1.165) is 48.1 Å². The Morgan fingerprint density at radius 1 is 1.00 bits per heavy atom. The van der Waals surface area contributed by atoms with E-state index in [9.17, 15) is 28.2 Å². The second kappa shape index (κ2) is 13.9. The maximum Gasteiger partial charge on any atom is 0.326 e. The van der Waals surface area contributed by atoms with Crippen LogP contribution in [0.1, 0.15) is 79.3 Å². The Hall–Kier alpha value is -2.75. The van der Waals surface area contributed by atoms with Crippen molar-refractivity contribution in [1.29, 1.82) is 0 Å². The van der Waals surface area contributed by atoms with Gasteiger partial charge < -0.3 is 15.5 Å². The summed E-state index contributed by atoms with van der Waals surface area (Å²) in [6.07, 6.45) is 10.6. The third-order valence-corrected chi connectivity index (χ3v) is 9.80. The minimum absolute atomic E-state index is 0.111. The molecular formula is C32H44N2O6S. The molecule has 1 saturated heterocycles. The number of sulfone groups is 1. The second-order valence-electron chi connectivity index (χ2n) is 12.0. The predicted octanol–water partition coefficient (Wildman–Crippen LogP) is 4.58. The molecule has 41 heavy (non-hydrogen) atoms. The van der Waals surface area contributed by atoms with Crippen molar-refractivity contribution in [2.75, 3.05) is 18.6 Å². The number of aliphatic hydroxyl groups excluding tert-OH is 1. The summed E-state index contributed by atoms with van der Waals surface area (Å²) in [5.41, 5.74) is 3.93. The number of nitrogens with zero attached hydrogens (tertiary/aromatic N) is 1. The quantitative estimate of drug-likeness (QED) is 0.334. The third-order valence-electron chi connectivity index (χ3n) is 8.82. The average Bonchev–Trinajstić information content (AvgIpc) is 3.31. The van der Waals surface area contributed by atoms with Gasteiger partial charge in [0.2, 0.25) is 0 Å². The van der Waals surface area contributed by atoms with Crippen molar-refractivity contribution in [1.82, 2.24) is 10.2 Å². The second-order valence-corrected chi connectivity index (χ2v) is 14.2. The fourth-order valence-corrected chi connectivity index (χ4v) is 7.22. The normalized spacial score (nSPS) is 21.0. The molecule has 1 heterocycles. The standard InChI is InChI=1S/C32H44N2O6S/c1-22-8-6-7-11-27(22)29-19-24(12-15-28(29)31(36)33-30(32(37)38)16-17-41(2,39)40)20-34-25(13-14-26(34)21-35)18-23-9-4-3-5-10-23/h6-8,11-12,15,19,23,25-26,30,35H,3-5,9-10,13-14,16-18,20-21H2,1-2H3,(H,33,36)(H,37,38)/t25-,26+,30?/m0/s1. The summed E-state index contributed by atoms with van der Waals surface area (Å²) in [5, 5.41) is 22.4. The maximum atomic E-state index is 13.4. The average molecular weight is 585 g/mol.